The highest BCUT2D eigenvalue weighted by Crippen LogP contribution is 2.14. The molecule has 2 aromatic heterocycles. The molecule has 1 N–H and O–H groups in total. The summed E-state index contributed by atoms with van der Waals surface area (Å²) in [4.78, 5) is 25.1. The van der Waals surface area contributed by atoms with Crippen molar-refractivity contribution < 1.29 is 18.4 Å². The van der Waals surface area contributed by atoms with Gasteiger partial charge >= 0.3 is 0 Å². The van der Waals surface area contributed by atoms with Gasteiger partial charge < -0.3 is 14.2 Å². The average Bonchev–Trinajstić information content (AvgIpc) is 3.24. The lowest BCUT2D eigenvalue weighted by molar-refractivity contribution is -0.121. The maximum atomic E-state index is 11.9. The minimum atomic E-state index is -0.0204. The van der Waals surface area contributed by atoms with Gasteiger partial charge in [-0.3, -0.25) is 14.5 Å². The molecule has 0 saturated carbocycles. The summed E-state index contributed by atoms with van der Waals surface area (Å²) in [7, 11) is 1.69. The minimum Gasteiger partial charge on any atom is -0.467 e. The first-order valence-electron chi connectivity index (χ1n) is 7.33. The van der Waals surface area contributed by atoms with Gasteiger partial charge in [0, 0.05) is 37.5 Å². The van der Waals surface area contributed by atoms with Crippen LogP contribution in [0.15, 0.2) is 45.6 Å². The predicted octanol–water partition coefficient (Wildman–Crippen LogP) is 2.67. The fourth-order valence-electron chi connectivity index (χ4n) is 1.87. The van der Waals surface area contributed by atoms with E-state index in [-0.39, 0.29) is 11.8 Å². The Labute approximate surface area is 139 Å². The van der Waals surface area contributed by atoms with Gasteiger partial charge in [-0.25, -0.2) is 0 Å². The maximum Gasteiger partial charge on any atom is 0.229 e. The first-order chi connectivity index (χ1) is 11.2. The molecule has 2 heterocycles. The van der Waals surface area contributed by atoms with Crippen LogP contribution in [-0.2, 0) is 16.1 Å². The molecule has 0 radical (unpaired) electrons. The van der Waals surface area contributed by atoms with Gasteiger partial charge in [-0.05, 0) is 18.2 Å². The maximum absolute atomic E-state index is 11.9. The summed E-state index contributed by atoms with van der Waals surface area (Å²) in [6, 6.07) is 7.09. The molecular weight excluding hydrogens is 316 g/mol. The molecule has 23 heavy (non-hydrogen) atoms. The zero-order chi connectivity index (χ0) is 16.5. The number of rotatable bonds is 9. The molecule has 124 valence electrons. The molecule has 0 aliphatic heterocycles. The fourth-order valence-corrected chi connectivity index (χ4v) is 2.72. The number of anilines is 1. The fraction of sp³-hybridized carbons (Fsp3) is 0.375. The van der Waals surface area contributed by atoms with Crippen LogP contribution in [0.5, 0.6) is 0 Å². The summed E-state index contributed by atoms with van der Waals surface area (Å²) in [6.07, 6.45) is 3.95. The van der Waals surface area contributed by atoms with Crippen LogP contribution in [0.3, 0.4) is 0 Å². The number of furan rings is 2. The van der Waals surface area contributed by atoms with Crippen molar-refractivity contribution in [2.24, 2.45) is 0 Å². The van der Waals surface area contributed by atoms with E-state index in [9.17, 15) is 9.59 Å². The van der Waals surface area contributed by atoms with Crippen LogP contribution in [-0.4, -0.2) is 30.4 Å². The van der Waals surface area contributed by atoms with Gasteiger partial charge in [0.15, 0.2) is 0 Å². The van der Waals surface area contributed by atoms with Crippen molar-refractivity contribution in [2.45, 2.75) is 19.4 Å². The predicted molar refractivity (Wildman–Crippen MR) is 89.2 cm³/mol. The van der Waals surface area contributed by atoms with Gasteiger partial charge in [-0.2, -0.15) is 11.8 Å². The van der Waals surface area contributed by atoms with E-state index >= 15 is 0 Å². The van der Waals surface area contributed by atoms with Crippen LogP contribution in [0.4, 0.5) is 5.88 Å². The van der Waals surface area contributed by atoms with Crippen LogP contribution in [0.1, 0.15) is 18.6 Å². The van der Waals surface area contributed by atoms with Crippen molar-refractivity contribution >= 4 is 29.5 Å². The van der Waals surface area contributed by atoms with Crippen LogP contribution in [0, 0.1) is 0 Å². The third-order valence-corrected chi connectivity index (χ3v) is 4.17. The number of hydrogen-bond donors (Lipinski definition) is 1. The van der Waals surface area contributed by atoms with Crippen LogP contribution < -0.4 is 10.2 Å². The van der Waals surface area contributed by atoms with E-state index < -0.39 is 0 Å². The number of hydrogen-bond acceptors (Lipinski definition) is 5. The molecule has 0 bridgehead atoms. The molecule has 0 aliphatic carbocycles. The Kier molecular flexibility index (Phi) is 6.80. The van der Waals surface area contributed by atoms with Gasteiger partial charge in [0.2, 0.25) is 17.7 Å². The average molecular weight is 336 g/mol. The molecule has 7 heteroatoms. The molecule has 0 unspecified atom stereocenters. The molecule has 2 rings (SSSR count). The van der Waals surface area contributed by atoms with E-state index in [1.807, 2.05) is 6.07 Å². The van der Waals surface area contributed by atoms with Crippen molar-refractivity contribution in [2.75, 3.05) is 23.5 Å². The number of thioether (sulfide) groups is 1. The standard InChI is InChI=1S/C16H20N2O4S/c1-18(16-5-3-9-22-16)15(20)7-11-23-10-6-14(19)17-12-13-4-2-8-21-13/h2-5,8-9H,6-7,10-12H2,1H3,(H,17,19). The number of amides is 2. The first kappa shape index (κ1) is 17.2. The summed E-state index contributed by atoms with van der Waals surface area (Å²) in [5.74, 6) is 2.61. The molecule has 2 amide bonds. The summed E-state index contributed by atoms with van der Waals surface area (Å²) in [6.45, 7) is 0.406. The first-order valence-corrected chi connectivity index (χ1v) is 8.49. The second-order valence-corrected chi connectivity index (χ2v) is 6.10. The second-order valence-electron chi connectivity index (χ2n) is 4.87. The quantitative estimate of drug-likeness (QED) is 0.713. The highest BCUT2D eigenvalue weighted by molar-refractivity contribution is 7.99. The third kappa shape index (κ3) is 5.86. The lowest BCUT2D eigenvalue weighted by atomic mass is 10.4. The van der Waals surface area contributed by atoms with Gasteiger partial charge in [-0.15, -0.1) is 0 Å². The van der Waals surface area contributed by atoms with Crippen LogP contribution in [0.25, 0.3) is 0 Å². The van der Waals surface area contributed by atoms with Crippen molar-refractivity contribution in [1.82, 2.24) is 5.32 Å². The zero-order valence-corrected chi connectivity index (χ0v) is 13.8. The van der Waals surface area contributed by atoms with E-state index in [0.717, 1.165) is 5.76 Å². The van der Waals surface area contributed by atoms with E-state index in [1.165, 1.54) is 11.2 Å². The lowest BCUT2D eigenvalue weighted by Crippen LogP contribution is -2.26. The van der Waals surface area contributed by atoms with Crippen molar-refractivity contribution in [1.29, 1.82) is 0 Å². The van der Waals surface area contributed by atoms with Gasteiger partial charge in [0.25, 0.3) is 0 Å². The Hall–Kier alpha value is -2.15. The Bertz CT molecular complexity index is 596. The lowest BCUT2D eigenvalue weighted by Gasteiger charge is -2.13. The normalized spacial score (nSPS) is 10.5. The van der Waals surface area contributed by atoms with Crippen LogP contribution in [0.2, 0.25) is 0 Å². The molecular formula is C16H20N2O4S. The van der Waals surface area contributed by atoms with Gasteiger partial charge in [-0.1, -0.05) is 0 Å². The third-order valence-electron chi connectivity index (χ3n) is 3.18. The Balaban J connectivity index is 1.53. The Morgan fingerprint density at radius 2 is 1.87 bits per heavy atom. The molecule has 2 aromatic rings. The number of nitrogens with one attached hydrogen (secondary N) is 1. The van der Waals surface area contributed by atoms with E-state index in [2.05, 4.69) is 5.32 Å². The van der Waals surface area contributed by atoms with Crippen molar-refractivity contribution in [3.63, 3.8) is 0 Å². The second kappa shape index (κ2) is 9.09. The summed E-state index contributed by atoms with van der Waals surface area (Å²) >= 11 is 1.59. The highest BCUT2D eigenvalue weighted by atomic mass is 32.2. The molecule has 0 fully saturated rings. The van der Waals surface area contributed by atoms with Crippen LogP contribution >= 0.6 is 11.8 Å². The van der Waals surface area contributed by atoms with Gasteiger partial charge in [0.05, 0.1) is 19.1 Å². The summed E-state index contributed by atoms with van der Waals surface area (Å²) in [5.41, 5.74) is 0. The molecule has 0 atom stereocenters. The zero-order valence-electron chi connectivity index (χ0n) is 13.0. The highest BCUT2D eigenvalue weighted by Gasteiger charge is 2.12. The minimum absolute atomic E-state index is 0.00489. The number of carbonyl (C=O) groups excluding carboxylic acids is 2. The SMILES string of the molecule is CN(C(=O)CCSCCC(=O)NCc1ccco1)c1ccco1. The van der Waals surface area contributed by atoms with Crippen molar-refractivity contribution in [3.05, 3.63) is 42.6 Å². The Morgan fingerprint density at radius 3 is 2.57 bits per heavy atom. The summed E-state index contributed by atoms with van der Waals surface area (Å²) in [5, 5.41) is 2.79. The number of nitrogens with zero attached hydrogens (tertiary/aromatic N) is 1. The molecule has 0 aromatic carbocycles. The van der Waals surface area contributed by atoms with Gasteiger partial charge in [0.1, 0.15) is 5.76 Å². The van der Waals surface area contributed by atoms with Crippen molar-refractivity contribution in [3.8, 4) is 0 Å². The molecule has 6 nitrogen and oxygen atoms in total. The molecule has 0 saturated heterocycles. The molecule has 0 spiro atoms. The topological polar surface area (TPSA) is 75.7 Å². The summed E-state index contributed by atoms with van der Waals surface area (Å²) < 4.78 is 10.3. The monoisotopic (exact) mass is 336 g/mol. The smallest absolute Gasteiger partial charge is 0.229 e. The Morgan fingerprint density at radius 1 is 1.13 bits per heavy atom. The number of carbonyl (C=O) groups is 2. The largest absolute Gasteiger partial charge is 0.467 e. The molecule has 0 aliphatic rings. The van der Waals surface area contributed by atoms with E-state index in [1.54, 1.807) is 43.3 Å². The van der Waals surface area contributed by atoms with E-state index in [0.29, 0.717) is 36.8 Å². The van der Waals surface area contributed by atoms with E-state index in [4.69, 9.17) is 8.83 Å².